The van der Waals surface area contributed by atoms with Crippen molar-refractivity contribution in [3.8, 4) is 0 Å². The van der Waals surface area contributed by atoms with Crippen molar-refractivity contribution in [1.82, 2.24) is 9.78 Å². The Morgan fingerprint density at radius 1 is 1.39 bits per heavy atom. The number of aromatic nitrogens is 2. The minimum atomic E-state index is -0.450. The lowest BCUT2D eigenvalue weighted by atomic mass is 10.0. The van der Waals surface area contributed by atoms with Crippen LogP contribution in [0, 0.1) is 6.92 Å². The molecule has 0 saturated heterocycles. The van der Waals surface area contributed by atoms with Crippen LogP contribution in [-0.2, 0) is 13.5 Å². The van der Waals surface area contributed by atoms with Gasteiger partial charge in [-0.1, -0.05) is 34.1 Å². The molecule has 0 spiro atoms. The minimum absolute atomic E-state index is 0.450. The van der Waals surface area contributed by atoms with Gasteiger partial charge < -0.3 is 5.11 Å². The van der Waals surface area contributed by atoms with E-state index in [-0.39, 0.29) is 0 Å². The van der Waals surface area contributed by atoms with Crippen LogP contribution in [0.3, 0.4) is 0 Å². The Morgan fingerprint density at radius 3 is 2.83 bits per heavy atom. The topological polar surface area (TPSA) is 38.1 Å². The maximum Gasteiger partial charge on any atom is 0.0804 e. The van der Waals surface area contributed by atoms with Gasteiger partial charge in [0.15, 0.2) is 0 Å². The SMILES string of the molecule is Cc1cccc(C(O)CCc2ccnn2C)c1Br. The van der Waals surface area contributed by atoms with Crippen molar-refractivity contribution in [1.29, 1.82) is 0 Å². The molecule has 4 heteroatoms. The molecule has 0 fully saturated rings. The van der Waals surface area contributed by atoms with E-state index in [2.05, 4.69) is 21.0 Å². The fraction of sp³-hybridized carbons (Fsp3) is 0.357. The molecular weight excluding hydrogens is 292 g/mol. The lowest BCUT2D eigenvalue weighted by Crippen LogP contribution is -2.04. The second kappa shape index (κ2) is 5.67. The van der Waals surface area contributed by atoms with Crippen LogP contribution in [0.5, 0.6) is 0 Å². The first-order valence-electron chi connectivity index (χ1n) is 5.99. The van der Waals surface area contributed by atoms with Crippen molar-refractivity contribution in [3.63, 3.8) is 0 Å². The molecule has 1 aromatic heterocycles. The number of benzene rings is 1. The maximum atomic E-state index is 10.3. The fourth-order valence-electron chi connectivity index (χ4n) is 2.01. The fourth-order valence-corrected chi connectivity index (χ4v) is 2.54. The third-order valence-corrected chi connectivity index (χ3v) is 4.26. The summed E-state index contributed by atoms with van der Waals surface area (Å²) in [7, 11) is 1.92. The summed E-state index contributed by atoms with van der Waals surface area (Å²) >= 11 is 3.54. The van der Waals surface area contributed by atoms with Crippen LogP contribution in [0.4, 0.5) is 0 Å². The molecule has 1 atom stereocenters. The van der Waals surface area contributed by atoms with Crippen molar-refractivity contribution in [2.24, 2.45) is 7.05 Å². The van der Waals surface area contributed by atoms with Gasteiger partial charge in [-0.2, -0.15) is 5.10 Å². The predicted octanol–water partition coefficient (Wildman–Crippen LogP) is 3.16. The van der Waals surface area contributed by atoms with E-state index in [0.29, 0.717) is 6.42 Å². The largest absolute Gasteiger partial charge is 0.388 e. The van der Waals surface area contributed by atoms with Gasteiger partial charge in [0.25, 0.3) is 0 Å². The molecule has 1 N–H and O–H groups in total. The van der Waals surface area contributed by atoms with Crippen molar-refractivity contribution in [2.45, 2.75) is 25.9 Å². The summed E-state index contributed by atoms with van der Waals surface area (Å²) in [6.07, 6.45) is 2.85. The number of hydrogen-bond acceptors (Lipinski definition) is 2. The van der Waals surface area contributed by atoms with E-state index in [4.69, 9.17) is 0 Å². The summed E-state index contributed by atoms with van der Waals surface area (Å²) in [5.74, 6) is 0. The zero-order valence-electron chi connectivity index (χ0n) is 10.6. The Morgan fingerprint density at radius 2 is 2.17 bits per heavy atom. The van der Waals surface area contributed by atoms with E-state index < -0.39 is 6.10 Å². The van der Waals surface area contributed by atoms with Gasteiger partial charge in [-0.05, 0) is 37.0 Å². The van der Waals surface area contributed by atoms with E-state index >= 15 is 0 Å². The monoisotopic (exact) mass is 308 g/mol. The smallest absolute Gasteiger partial charge is 0.0804 e. The van der Waals surface area contributed by atoms with Crippen molar-refractivity contribution >= 4 is 15.9 Å². The summed E-state index contributed by atoms with van der Waals surface area (Å²) in [6, 6.07) is 7.95. The van der Waals surface area contributed by atoms with Gasteiger partial charge in [0.05, 0.1) is 6.10 Å². The molecule has 18 heavy (non-hydrogen) atoms. The van der Waals surface area contributed by atoms with Gasteiger partial charge in [-0.15, -0.1) is 0 Å². The third kappa shape index (κ3) is 2.82. The Kier molecular flexibility index (Phi) is 4.19. The summed E-state index contributed by atoms with van der Waals surface area (Å²) in [6.45, 7) is 2.03. The molecule has 0 amide bonds. The van der Waals surface area contributed by atoms with Gasteiger partial charge in [-0.3, -0.25) is 4.68 Å². The first-order valence-corrected chi connectivity index (χ1v) is 6.79. The predicted molar refractivity (Wildman–Crippen MR) is 75.4 cm³/mol. The summed E-state index contributed by atoms with van der Waals surface area (Å²) in [5, 5.41) is 14.4. The highest BCUT2D eigenvalue weighted by Crippen LogP contribution is 2.29. The molecule has 0 radical (unpaired) electrons. The first-order chi connectivity index (χ1) is 8.59. The Balaban J connectivity index is 2.06. The van der Waals surface area contributed by atoms with Gasteiger partial charge >= 0.3 is 0 Å². The van der Waals surface area contributed by atoms with Gasteiger partial charge in [0.1, 0.15) is 0 Å². The van der Waals surface area contributed by atoms with E-state index in [1.165, 1.54) is 0 Å². The van der Waals surface area contributed by atoms with Crippen LogP contribution >= 0.6 is 15.9 Å². The highest BCUT2D eigenvalue weighted by atomic mass is 79.9. The van der Waals surface area contributed by atoms with Crippen molar-refractivity contribution in [2.75, 3.05) is 0 Å². The van der Waals surface area contributed by atoms with Crippen LogP contribution in [0.15, 0.2) is 34.9 Å². The third-order valence-electron chi connectivity index (χ3n) is 3.18. The van der Waals surface area contributed by atoms with Crippen LogP contribution in [0.2, 0.25) is 0 Å². The second-order valence-corrected chi connectivity index (χ2v) is 5.27. The van der Waals surface area contributed by atoms with Gasteiger partial charge in [0.2, 0.25) is 0 Å². The molecule has 0 aliphatic rings. The number of rotatable bonds is 4. The van der Waals surface area contributed by atoms with E-state index in [1.807, 2.05) is 42.9 Å². The molecule has 96 valence electrons. The Labute approximate surface area is 116 Å². The molecule has 2 rings (SSSR count). The van der Waals surface area contributed by atoms with Gasteiger partial charge in [-0.25, -0.2) is 0 Å². The number of nitrogens with zero attached hydrogens (tertiary/aromatic N) is 2. The Bertz CT molecular complexity index is 536. The molecule has 2 aromatic rings. The second-order valence-electron chi connectivity index (χ2n) is 4.48. The Hall–Kier alpha value is -1.13. The molecular formula is C14H17BrN2O. The summed E-state index contributed by atoms with van der Waals surface area (Å²) in [5.41, 5.74) is 3.24. The zero-order valence-corrected chi connectivity index (χ0v) is 12.2. The highest BCUT2D eigenvalue weighted by molar-refractivity contribution is 9.10. The highest BCUT2D eigenvalue weighted by Gasteiger charge is 2.13. The lowest BCUT2D eigenvalue weighted by Gasteiger charge is -2.14. The molecule has 1 aromatic carbocycles. The molecule has 0 aliphatic heterocycles. The number of aryl methyl sites for hydroxylation is 3. The molecule has 0 bridgehead atoms. The lowest BCUT2D eigenvalue weighted by molar-refractivity contribution is 0.166. The average molecular weight is 309 g/mol. The van der Waals surface area contributed by atoms with E-state index in [9.17, 15) is 5.11 Å². The number of aliphatic hydroxyl groups is 1. The standard InChI is InChI=1S/C14H17BrN2O/c1-10-4-3-5-12(14(10)15)13(18)7-6-11-8-9-16-17(11)2/h3-5,8-9,13,18H,6-7H2,1-2H3. The number of halogens is 1. The number of hydrogen-bond donors (Lipinski definition) is 1. The van der Waals surface area contributed by atoms with E-state index in [0.717, 1.165) is 27.7 Å². The minimum Gasteiger partial charge on any atom is -0.388 e. The maximum absolute atomic E-state index is 10.3. The molecule has 1 unspecified atom stereocenters. The summed E-state index contributed by atoms with van der Waals surface area (Å²) < 4.78 is 2.85. The normalized spacial score (nSPS) is 12.7. The van der Waals surface area contributed by atoms with Crippen molar-refractivity contribution in [3.05, 3.63) is 51.8 Å². The number of aliphatic hydroxyl groups excluding tert-OH is 1. The average Bonchev–Trinajstić information content (AvgIpc) is 2.75. The van der Waals surface area contributed by atoms with Gasteiger partial charge in [0, 0.05) is 23.4 Å². The summed E-state index contributed by atoms with van der Waals surface area (Å²) in [4.78, 5) is 0. The zero-order chi connectivity index (χ0) is 13.1. The molecule has 0 saturated carbocycles. The molecule has 0 aliphatic carbocycles. The van der Waals surface area contributed by atoms with Crippen LogP contribution < -0.4 is 0 Å². The van der Waals surface area contributed by atoms with Crippen LogP contribution in [0.1, 0.15) is 29.3 Å². The van der Waals surface area contributed by atoms with Crippen molar-refractivity contribution < 1.29 is 5.11 Å². The van der Waals surface area contributed by atoms with E-state index in [1.54, 1.807) is 6.20 Å². The molecule has 1 heterocycles. The first kappa shape index (κ1) is 13.3. The van der Waals surface area contributed by atoms with Crippen LogP contribution in [0.25, 0.3) is 0 Å². The quantitative estimate of drug-likeness (QED) is 0.942. The van der Waals surface area contributed by atoms with Crippen LogP contribution in [-0.4, -0.2) is 14.9 Å². The molecule has 3 nitrogen and oxygen atoms in total.